The maximum Gasteiger partial charge on any atom is 0.422 e. The first-order chi connectivity index (χ1) is 25.5. The fourth-order valence-corrected chi connectivity index (χ4v) is 8.24. The number of aryl methyl sites for hydroxylation is 1. The van der Waals surface area contributed by atoms with Gasteiger partial charge in [0.15, 0.2) is 12.4 Å². The van der Waals surface area contributed by atoms with Gasteiger partial charge in [-0.05, 0) is 109 Å². The van der Waals surface area contributed by atoms with E-state index in [1.807, 2.05) is 45.9 Å². The first-order valence-electron chi connectivity index (χ1n) is 18.7. The monoisotopic (exact) mass is 749 g/mol. The van der Waals surface area contributed by atoms with Crippen molar-refractivity contribution in [1.82, 2.24) is 30.0 Å². The molecule has 290 valence electrons. The number of nitrogens with zero attached hydrogens (tertiary/aromatic N) is 6. The Morgan fingerprint density at radius 1 is 1.06 bits per heavy atom. The van der Waals surface area contributed by atoms with Crippen LogP contribution < -0.4 is 14.4 Å². The minimum atomic E-state index is -4.61. The van der Waals surface area contributed by atoms with Crippen LogP contribution in [-0.2, 0) is 4.74 Å². The highest BCUT2D eigenvalue weighted by molar-refractivity contribution is 6.07. The van der Waals surface area contributed by atoms with Gasteiger partial charge in [0.1, 0.15) is 23.0 Å². The van der Waals surface area contributed by atoms with Crippen molar-refractivity contribution < 1.29 is 32.2 Å². The molecule has 2 aliphatic heterocycles. The second-order valence-electron chi connectivity index (χ2n) is 16.4. The molecule has 0 unspecified atom stereocenters. The molecule has 1 N–H and O–H groups in total. The van der Waals surface area contributed by atoms with Crippen LogP contribution in [0.3, 0.4) is 0 Å². The zero-order chi connectivity index (χ0) is 38.6. The average Bonchev–Trinajstić information content (AvgIpc) is 3.57. The summed E-state index contributed by atoms with van der Waals surface area (Å²) in [5.41, 5.74) is 2.90. The highest BCUT2D eigenvalue weighted by Crippen LogP contribution is 2.48. The first-order valence-corrected chi connectivity index (χ1v) is 18.7. The van der Waals surface area contributed by atoms with E-state index in [1.165, 1.54) is 0 Å². The number of benzene rings is 2. The van der Waals surface area contributed by atoms with Gasteiger partial charge in [-0.3, -0.25) is 5.10 Å². The van der Waals surface area contributed by atoms with E-state index in [0.29, 0.717) is 60.1 Å². The number of hydrogen-bond acceptors (Lipinski definition) is 9. The minimum Gasteiger partial charge on any atom is -0.481 e. The number of halogens is 3. The number of hydrogen-bond donors (Lipinski definition) is 1. The molecular weight excluding hydrogens is 699 g/mol. The summed E-state index contributed by atoms with van der Waals surface area (Å²) in [6.07, 6.45) is 3.36. The summed E-state index contributed by atoms with van der Waals surface area (Å²) < 4.78 is 59.9. The highest BCUT2D eigenvalue weighted by atomic mass is 19.4. The van der Waals surface area contributed by atoms with Gasteiger partial charge in [0.05, 0.1) is 11.7 Å². The second-order valence-corrected chi connectivity index (χ2v) is 16.4. The summed E-state index contributed by atoms with van der Waals surface area (Å²) in [6.45, 7) is 12.5. The van der Waals surface area contributed by atoms with E-state index in [9.17, 15) is 18.0 Å². The number of carbonyl (C=O) groups is 1. The molecule has 14 heteroatoms. The topological polar surface area (TPSA) is 109 Å². The van der Waals surface area contributed by atoms with Gasteiger partial charge in [0.25, 0.3) is 0 Å². The molecular formula is C40H50F3N7O4. The number of anilines is 1. The third-order valence-electron chi connectivity index (χ3n) is 11.1. The van der Waals surface area contributed by atoms with E-state index in [0.717, 1.165) is 55.0 Å². The van der Waals surface area contributed by atoms with Crippen molar-refractivity contribution in [2.75, 3.05) is 51.8 Å². The molecule has 0 atom stereocenters. The Bertz CT molecular complexity index is 2030. The Morgan fingerprint density at radius 2 is 1.76 bits per heavy atom. The van der Waals surface area contributed by atoms with E-state index >= 15 is 0 Å². The molecule has 4 heterocycles. The lowest BCUT2D eigenvalue weighted by atomic mass is 9.72. The Hall–Kier alpha value is -4.59. The van der Waals surface area contributed by atoms with Gasteiger partial charge in [-0.2, -0.15) is 28.2 Å². The fraction of sp³-hybridized carbons (Fsp3) is 0.550. The lowest BCUT2D eigenvalue weighted by molar-refractivity contribution is -0.153. The lowest BCUT2D eigenvalue weighted by Gasteiger charge is -2.53. The number of alkyl halides is 3. The molecule has 7 rings (SSSR count). The number of aromatic amines is 1. The SMILES string of the molecule is C=Cc1cc2c(N3CCC4(CC3)CN(C(=O)OC(C)(C)C)C4)nc(O[C@H]3CC[C@@H](N(C)C)CC3)nc2c(OCC(F)(F)F)c1-c1c(C)ccc2[nH]ncc12. The van der Waals surface area contributed by atoms with Crippen molar-refractivity contribution in [3.63, 3.8) is 0 Å². The van der Waals surface area contributed by atoms with Crippen molar-refractivity contribution in [2.45, 2.75) is 90.1 Å². The Labute approximate surface area is 313 Å². The third-order valence-corrected chi connectivity index (χ3v) is 11.1. The van der Waals surface area contributed by atoms with Gasteiger partial charge in [0, 0.05) is 54.0 Å². The van der Waals surface area contributed by atoms with Crippen LogP contribution in [0.15, 0.2) is 31.0 Å². The van der Waals surface area contributed by atoms with E-state index in [1.54, 1.807) is 17.2 Å². The van der Waals surface area contributed by atoms with E-state index in [2.05, 4.69) is 40.7 Å². The maximum absolute atomic E-state index is 14.0. The van der Waals surface area contributed by atoms with Gasteiger partial charge in [-0.25, -0.2) is 4.79 Å². The van der Waals surface area contributed by atoms with Crippen molar-refractivity contribution in [3.05, 3.63) is 42.1 Å². The summed E-state index contributed by atoms with van der Waals surface area (Å²) >= 11 is 0. The minimum absolute atomic E-state index is 0.0122. The molecule has 4 aromatic rings. The normalized spacial score (nSPS) is 20.4. The maximum atomic E-state index is 14.0. The number of likely N-dealkylation sites (tertiary alicyclic amines) is 1. The van der Waals surface area contributed by atoms with Crippen LogP contribution in [0, 0.1) is 12.3 Å². The van der Waals surface area contributed by atoms with Crippen molar-refractivity contribution >= 4 is 39.8 Å². The first kappa shape index (κ1) is 37.7. The van der Waals surface area contributed by atoms with Crippen molar-refractivity contribution in [1.29, 1.82) is 0 Å². The van der Waals surface area contributed by atoms with Crippen LogP contribution in [0.25, 0.3) is 39.0 Å². The molecule has 1 saturated carbocycles. The van der Waals surface area contributed by atoms with Gasteiger partial charge in [0.2, 0.25) is 0 Å². The van der Waals surface area contributed by atoms with Crippen LogP contribution >= 0.6 is 0 Å². The van der Waals surface area contributed by atoms with Crippen LogP contribution in [0.2, 0.25) is 0 Å². The number of nitrogens with one attached hydrogen (secondary N) is 1. The molecule has 3 fully saturated rings. The molecule has 0 bridgehead atoms. The van der Waals surface area contributed by atoms with Gasteiger partial charge < -0.3 is 28.9 Å². The predicted octanol–water partition coefficient (Wildman–Crippen LogP) is 8.15. The summed E-state index contributed by atoms with van der Waals surface area (Å²) in [7, 11) is 4.16. The fourth-order valence-electron chi connectivity index (χ4n) is 8.24. The second kappa shape index (κ2) is 14.2. The molecule has 2 saturated heterocycles. The summed E-state index contributed by atoms with van der Waals surface area (Å²) in [5.74, 6) is 0.557. The number of ether oxygens (including phenoxy) is 3. The lowest BCUT2D eigenvalue weighted by Crippen LogP contribution is -2.62. The Balaban J connectivity index is 1.31. The van der Waals surface area contributed by atoms with E-state index < -0.39 is 18.4 Å². The molecule has 54 heavy (non-hydrogen) atoms. The molecule has 1 amide bonds. The largest absolute Gasteiger partial charge is 0.481 e. The Morgan fingerprint density at radius 3 is 2.39 bits per heavy atom. The number of rotatable bonds is 8. The number of piperidine rings is 1. The number of fused-ring (bicyclic) bond motifs is 2. The number of H-pyrrole nitrogens is 1. The zero-order valence-corrected chi connectivity index (χ0v) is 32.0. The van der Waals surface area contributed by atoms with Gasteiger partial charge in [-0.1, -0.05) is 18.7 Å². The van der Waals surface area contributed by atoms with Gasteiger partial charge in [-0.15, -0.1) is 0 Å². The van der Waals surface area contributed by atoms with Gasteiger partial charge >= 0.3 is 18.3 Å². The van der Waals surface area contributed by atoms with Crippen LogP contribution in [-0.4, -0.2) is 107 Å². The number of carbonyl (C=O) groups excluding carboxylic acids is 1. The third kappa shape index (κ3) is 7.67. The van der Waals surface area contributed by atoms with Crippen LogP contribution in [0.1, 0.15) is 70.4 Å². The molecule has 1 aliphatic carbocycles. The smallest absolute Gasteiger partial charge is 0.422 e. The predicted molar refractivity (Wildman–Crippen MR) is 203 cm³/mol. The van der Waals surface area contributed by atoms with Crippen molar-refractivity contribution in [2.24, 2.45) is 5.41 Å². The van der Waals surface area contributed by atoms with Crippen LogP contribution in [0.4, 0.5) is 23.8 Å². The number of amides is 1. The van der Waals surface area contributed by atoms with E-state index in [-0.39, 0.29) is 34.9 Å². The molecule has 1 spiro atoms. The molecule has 0 radical (unpaired) electrons. The summed E-state index contributed by atoms with van der Waals surface area (Å²) in [4.78, 5) is 28.7. The van der Waals surface area contributed by atoms with Crippen LogP contribution in [0.5, 0.6) is 11.8 Å². The average molecular weight is 750 g/mol. The quantitative estimate of drug-likeness (QED) is 0.191. The summed E-state index contributed by atoms with van der Waals surface area (Å²) in [5, 5.41) is 8.49. The van der Waals surface area contributed by atoms with Crippen molar-refractivity contribution in [3.8, 4) is 22.9 Å². The standard InChI is InChI=1S/C40H50F3N7O4/c1-8-25-19-28-33(34(52-23-40(41,42)43)32(25)31-24(2)9-14-30-29(31)20-44-47-30)45-36(53-27-12-10-26(11-13-27)48(6)7)46-35(28)49-17-15-39(16-18-49)21-50(22-39)37(51)54-38(3,4)5/h8-9,14,19-20,26-27H,1,10-13,15-18,21-23H2,2-7H3,(H,44,47)/t26-,27+. The number of aromatic nitrogens is 4. The Kier molecular flexibility index (Phi) is 9.95. The molecule has 11 nitrogen and oxygen atoms in total. The highest BCUT2D eigenvalue weighted by Gasteiger charge is 2.48. The molecule has 3 aliphatic rings. The zero-order valence-electron chi connectivity index (χ0n) is 32.0. The molecule has 2 aromatic carbocycles. The summed E-state index contributed by atoms with van der Waals surface area (Å²) in [6, 6.07) is 6.25. The van der Waals surface area contributed by atoms with E-state index in [4.69, 9.17) is 24.2 Å². The molecule has 2 aromatic heterocycles.